The molecule has 1 saturated heterocycles. The molecule has 98 valence electrons. The first-order valence-electron chi connectivity index (χ1n) is 6.83. The summed E-state index contributed by atoms with van der Waals surface area (Å²) in [6.07, 6.45) is 4.80. The highest BCUT2D eigenvalue weighted by Gasteiger charge is 2.34. The minimum absolute atomic E-state index is 0.0172. The van der Waals surface area contributed by atoms with Gasteiger partial charge in [-0.05, 0) is 25.7 Å². The number of amides is 1. The lowest BCUT2D eigenvalue weighted by atomic mass is 10.1. The fourth-order valence-corrected chi connectivity index (χ4v) is 2.33. The SMILES string of the molecule is CCC(N)CC(=O)N(CC1CCOC1)C1CC1. The molecule has 1 saturated carbocycles. The van der Waals surface area contributed by atoms with Crippen LogP contribution in [0.2, 0.25) is 0 Å². The van der Waals surface area contributed by atoms with Crippen LogP contribution in [0.5, 0.6) is 0 Å². The van der Waals surface area contributed by atoms with E-state index in [4.69, 9.17) is 10.5 Å². The van der Waals surface area contributed by atoms with Gasteiger partial charge in [-0.1, -0.05) is 6.92 Å². The van der Waals surface area contributed by atoms with Gasteiger partial charge in [0.25, 0.3) is 0 Å². The Kier molecular flexibility index (Phi) is 4.40. The topological polar surface area (TPSA) is 55.6 Å². The summed E-state index contributed by atoms with van der Waals surface area (Å²) in [5, 5.41) is 0. The van der Waals surface area contributed by atoms with Gasteiger partial charge in [0.1, 0.15) is 0 Å². The van der Waals surface area contributed by atoms with Gasteiger partial charge in [0.05, 0.1) is 6.61 Å². The van der Waals surface area contributed by atoms with Crippen LogP contribution in [0.3, 0.4) is 0 Å². The van der Waals surface area contributed by atoms with Crippen LogP contribution >= 0.6 is 0 Å². The van der Waals surface area contributed by atoms with Crippen LogP contribution in [0.25, 0.3) is 0 Å². The highest BCUT2D eigenvalue weighted by molar-refractivity contribution is 5.77. The maximum atomic E-state index is 12.2. The van der Waals surface area contributed by atoms with Crippen LogP contribution in [-0.4, -0.2) is 42.6 Å². The maximum absolute atomic E-state index is 12.2. The molecule has 4 nitrogen and oxygen atoms in total. The quantitative estimate of drug-likeness (QED) is 0.757. The predicted octanol–water partition coefficient (Wildman–Crippen LogP) is 1.14. The minimum atomic E-state index is 0.0172. The van der Waals surface area contributed by atoms with Crippen molar-refractivity contribution < 1.29 is 9.53 Å². The number of hydrogen-bond donors (Lipinski definition) is 1. The lowest BCUT2D eigenvalue weighted by Gasteiger charge is -2.26. The van der Waals surface area contributed by atoms with Crippen molar-refractivity contribution in [2.75, 3.05) is 19.8 Å². The van der Waals surface area contributed by atoms with Gasteiger partial charge in [-0.3, -0.25) is 4.79 Å². The van der Waals surface area contributed by atoms with Gasteiger partial charge in [-0.2, -0.15) is 0 Å². The van der Waals surface area contributed by atoms with Gasteiger partial charge in [0.2, 0.25) is 5.91 Å². The zero-order chi connectivity index (χ0) is 12.3. The molecule has 2 N–H and O–H groups in total. The molecule has 2 aliphatic rings. The van der Waals surface area contributed by atoms with Crippen LogP contribution in [0, 0.1) is 5.92 Å². The van der Waals surface area contributed by atoms with Gasteiger partial charge in [0, 0.05) is 37.6 Å². The average Bonchev–Trinajstić information content (AvgIpc) is 3.03. The molecule has 2 unspecified atom stereocenters. The monoisotopic (exact) mass is 240 g/mol. The van der Waals surface area contributed by atoms with E-state index in [0.717, 1.165) is 32.6 Å². The van der Waals surface area contributed by atoms with Crippen molar-refractivity contribution in [2.24, 2.45) is 11.7 Å². The molecule has 0 aromatic carbocycles. The molecule has 1 amide bonds. The van der Waals surface area contributed by atoms with E-state index in [1.807, 2.05) is 6.92 Å². The zero-order valence-electron chi connectivity index (χ0n) is 10.7. The second-order valence-corrected chi connectivity index (χ2v) is 5.38. The standard InChI is InChI=1S/C13H24N2O2/c1-2-11(14)7-13(16)15(12-3-4-12)8-10-5-6-17-9-10/h10-12H,2-9,14H2,1H3. The molecule has 2 rings (SSSR count). The molecule has 0 aromatic rings. The van der Waals surface area contributed by atoms with E-state index in [9.17, 15) is 4.79 Å². The molecule has 0 spiro atoms. The first-order valence-corrected chi connectivity index (χ1v) is 6.83. The Bertz CT molecular complexity index is 260. The molecule has 2 fully saturated rings. The van der Waals surface area contributed by atoms with Crippen LogP contribution in [0.1, 0.15) is 39.0 Å². The Morgan fingerprint density at radius 3 is 2.76 bits per heavy atom. The summed E-state index contributed by atoms with van der Waals surface area (Å²) in [7, 11) is 0. The maximum Gasteiger partial charge on any atom is 0.224 e. The van der Waals surface area contributed by atoms with Crippen molar-refractivity contribution in [1.29, 1.82) is 0 Å². The Balaban J connectivity index is 1.84. The predicted molar refractivity (Wildman–Crippen MR) is 66.5 cm³/mol. The first-order chi connectivity index (χ1) is 8.20. The van der Waals surface area contributed by atoms with Crippen molar-refractivity contribution >= 4 is 5.91 Å². The Labute approximate surface area is 103 Å². The second kappa shape index (κ2) is 5.83. The van der Waals surface area contributed by atoms with Crippen LogP contribution in [0.15, 0.2) is 0 Å². The number of carbonyl (C=O) groups is 1. The molecule has 0 bridgehead atoms. The molecule has 1 aliphatic carbocycles. The zero-order valence-corrected chi connectivity index (χ0v) is 10.7. The van der Waals surface area contributed by atoms with Crippen LogP contribution in [0.4, 0.5) is 0 Å². The summed E-state index contributed by atoms with van der Waals surface area (Å²) in [6, 6.07) is 0.510. The van der Waals surface area contributed by atoms with Gasteiger partial charge < -0.3 is 15.4 Å². The summed E-state index contributed by atoms with van der Waals surface area (Å²) in [4.78, 5) is 14.3. The number of rotatable bonds is 6. The van der Waals surface area contributed by atoms with E-state index in [1.165, 1.54) is 12.8 Å². The summed E-state index contributed by atoms with van der Waals surface area (Å²) in [5.41, 5.74) is 5.87. The summed E-state index contributed by atoms with van der Waals surface area (Å²) < 4.78 is 5.38. The highest BCUT2D eigenvalue weighted by Crippen LogP contribution is 2.29. The number of hydrogen-bond acceptors (Lipinski definition) is 3. The molecule has 0 radical (unpaired) electrons. The summed E-state index contributed by atoms with van der Waals surface area (Å²) in [6.45, 7) is 4.58. The smallest absolute Gasteiger partial charge is 0.224 e. The molecular weight excluding hydrogens is 216 g/mol. The third-order valence-electron chi connectivity index (χ3n) is 3.75. The van der Waals surface area contributed by atoms with E-state index in [2.05, 4.69) is 4.90 Å². The number of carbonyl (C=O) groups excluding carboxylic acids is 1. The van der Waals surface area contributed by atoms with E-state index < -0.39 is 0 Å². The fourth-order valence-electron chi connectivity index (χ4n) is 2.33. The second-order valence-electron chi connectivity index (χ2n) is 5.38. The van der Waals surface area contributed by atoms with E-state index in [0.29, 0.717) is 18.4 Å². The molecule has 1 heterocycles. The lowest BCUT2D eigenvalue weighted by molar-refractivity contribution is -0.132. The van der Waals surface area contributed by atoms with Crippen molar-refractivity contribution in [3.63, 3.8) is 0 Å². The molecule has 1 aliphatic heterocycles. The normalized spacial score (nSPS) is 25.9. The Morgan fingerprint density at radius 1 is 1.47 bits per heavy atom. The van der Waals surface area contributed by atoms with E-state index in [-0.39, 0.29) is 11.9 Å². The average molecular weight is 240 g/mol. The van der Waals surface area contributed by atoms with Gasteiger partial charge in [-0.15, -0.1) is 0 Å². The number of ether oxygens (including phenoxy) is 1. The largest absolute Gasteiger partial charge is 0.381 e. The highest BCUT2D eigenvalue weighted by atomic mass is 16.5. The first kappa shape index (κ1) is 12.8. The van der Waals surface area contributed by atoms with E-state index in [1.54, 1.807) is 0 Å². The van der Waals surface area contributed by atoms with Gasteiger partial charge >= 0.3 is 0 Å². The van der Waals surface area contributed by atoms with Gasteiger partial charge in [0.15, 0.2) is 0 Å². The summed E-state index contributed by atoms with van der Waals surface area (Å²) in [5.74, 6) is 0.783. The molecular formula is C13H24N2O2. The Morgan fingerprint density at radius 2 is 2.24 bits per heavy atom. The molecule has 0 aromatic heterocycles. The lowest BCUT2D eigenvalue weighted by Crippen LogP contribution is -2.40. The third-order valence-corrected chi connectivity index (χ3v) is 3.75. The fraction of sp³-hybridized carbons (Fsp3) is 0.923. The van der Waals surface area contributed by atoms with Crippen molar-refractivity contribution in [3.05, 3.63) is 0 Å². The van der Waals surface area contributed by atoms with Gasteiger partial charge in [-0.25, -0.2) is 0 Å². The van der Waals surface area contributed by atoms with Crippen LogP contribution in [-0.2, 0) is 9.53 Å². The van der Waals surface area contributed by atoms with E-state index >= 15 is 0 Å². The van der Waals surface area contributed by atoms with Crippen molar-refractivity contribution in [1.82, 2.24) is 4.90 Å². The molecule has 4 heteroatoms. The van der Waals surface area contributed by atoms with Crippen molar-refractivity contribution in [2.45, 2.75) is 51.1 Å². The van der Waals surface area contributed by atoms with Crippen LogP contribution < -0.4 is 5.73 Å². The Hall–Kier alpha value is -0.610. The third kappa shape index (κ3) is 3.68. The summed E-state index contributed by atoms with van der Waals surface area (Å²) >= 11 is 0. The molecule has 17 heavy (non-hydrogen) atoms. The van der Waals surface area contributed by atoms with Crippen molar-refractivity contribution in [3.8, 4) is 0 Å². The molecule has 2 atom stereocenters. The number of nitrogens with two attached hydrogens (primary N) is 1. The minimum Gasteiger partial charge on any atom is -0.381 e. The number of nitrogens with zero attached hydrogens (tertiary/aromatic N) is 1.